The second kappa shape index (κ2) is 65.3. The SMILES string of the molecule is COCCOCCOCCOCCOCCOCCOCCOCCNC(=O)c1cc(NC(=O)[C@H](C)NC(=O)[C@@H](NC(=O)[C@H](CCCCNC(=O)COCCOCCOCCOCCOCCOCCOCCOCCOCCOC)NC(=O)OCc2ccccc2)C(C)C)ccc1CO. The van der Waals surface area contributed by atoms with Gasteiger partial charge in [0.15, 0.2) is 0 Å². The Kier molecular flexibility index (Phi) is 59.1. The third-order valence-electron chi connectivity index (χ3n) is 13.7. The zero-order valence-electron chi connectivity index (χ0n) is 59.6. The normalized spacial score (nSPS) is 12.3. The second-order valence-electron chi connectivity index (χ2n) is 22.1. The number of benzene rings is 2. The van der Waals surface area contributed by atoms with Crippen molar-refractivity contribution in [2.45, 2.75) is 71.4 Å². The summed E-state index contributed by atoms with van der Waals surface area (Å²) in [5.41, 5.74) is 1.38. The molecule has 6 amide bonds. The maximum Gasteiger partial charge on any atom is 0.408 e. The van der Waals surface area contributed by atoms with Crippen molar-refractivity contribution in [2.24, 2.45) is 5.92 Å². The van der Waals surface area contributed by atoms with Crippen LogP contribution in [-0.4, -0.2) is 311 Å². The Morgan fingerprint density at radius 3 is 1.24 bits per heavy atom. The number of carbonyl (C=O) groups excluding carboxylic acids is 6. The molecule has 0 spiro atoms. The molecule has 32 heteroatoms. The molecule has 2 rings (SSSR count). The molecular weight excluding hydrogens is 1320 g/mol. The van der Waals surface area contributed by atoms with E-state index in [0.717, 1.165) is 5.56 Å². The number of aliphatic hydroxyl groups excluding tert-OH is 1. The highest BCUT2D eigenvalue weighted by Gasteiger charge is 2.31. The quantitative estimate of drug-likeness (QED) is 0.0463. The fourth-order valence-electron chi connectivity index (χ4n) is 8.30. The standard InChI is InChI=1S/C68H116N6O26/c1-55(2)63(67(80)71-56(3)64(77)72-59-15-14-58(52-75)60(51-59)65(78)70-17-18-84-23-24-87-29-30-90-35-36-93-39-37-91-33-31-88-27-25-85-21-19-82-4)74-66(79)61(73-68(81)100-53-57-11-7-6-8-12-57)13-9-10-16-69-62(76)54-99-50-49-98-48-47-97-46-45-96-44-43-95-42-41-94-40-38-92-34-32-89-28-26-86-22-20-83-5/h6-8,11-12,14-15,51,55-56,61,63,75H,9-10,13,16-50,52-54H2,1-5H3,(H,69,76)(H,70,78)(H,71,80)(H,72,77)(H,73,81)(H,74,79)/t56-,61-,63-/m0/s1. The molecule has 2 aromatic carbocycles. The number of anilines is 1. The average Bonchev–Trinajstić information content (AvgIpc) is 0.848. The number of methoxy groups -OCH3 is 2. The van der Waals surface area contributed by atoms with Gasteiger partial charge in [0.25, 0.3) is 5.91 Å². The lowest BCUT2D eigenvalue weighted by Gasteiger charge is -2.26. The summed E-state index contributed by atoms with van der Waals surface area (Å²) in [4.78, 5) is 80.0. The number of hydrogen-bond acceptors (Lipinski definition) is 26. The summed E-state index contributed by atoms with van der Waals surface area (Å²) in [6, 6.07) is 9.98. The number of amides is 6. The third-order valence-corrected chi connectivity index (χ3v) is 13.7. The summed E-state index contributed by atoms with van der Waals surface area (Å²) in [5, 5.41) is 26.2. The van der Waals surface area contributed by atoms with Gasteiger partial charge in [-0.1, -0.05) is 50.2 Å². The summed E-state index contributed by atoms with van der Waals surface area (Å²) < 4.78 is 103. The van der Waals surface area contributed by atoms with E-state index in [-0.39, 0.29) is 76.3 Å². The highest BCUT2D eigenvalue weighted by atomic mass is 16.6. The molecule has 0 aliphatic carbocycles. The molecule has 574 valence electrons. The minimum atomic E-state index is -1.15. The molecule has 0 saturated heterocycles. The Morgan fingerprint density at radius 1 is 0.420 bits per heavy atom. The molecule has 100 heavy (non-hydrogen) atoms. The van der Waals surface area contributed by atoms with E-state index in [1.54, 1.807) is 52.3 Å². The molecule has 0 aromatic heterocycles. The van der Waals surface area contributed by atoms with Crippen LogP contribution in [-0.2, 0) is 122 Å². The zero-order valence-corrected chi connectivity index (χ0v) is 59.6. The number of alkyl carbamates (subject to hydrolysis) is 1. The first-order chi connectivity index (χ1) is 48.9. The van der Waals surface area contributed by atoms with Crippen LogP contribution in [0.15, 0.2) is 48.5 Å². The maximum absolute atomic E-state index is 13.9. The molecule has 0 aliphatic heterocycles. The van der Waals surface area contributed by atoms with Crippen LogP contribution in [0.2, 0.25) is 0 Å². The molecule has 32 nitrogen and oxygen atoms in total. The number of unbranched alkanes of at least 4 members (excludes halogenated alkanes) is 1. The Labute approximate surface area is 589 Å². The monoisotopic (exact) mass is 1430 g/mol. The summed E-state index contributed by atoms with van der Waals surface area (Å²) >= 11 is 0. The highest BCUT2D eigenvalue weighted by Crippen LogP contribution is 2.17. The van der Waals surface area contributed by atoms with E-state index in [9.17, 15) is 33.9 Å². The van der Waals surface area contributed by atoms with Crippen LogP contribution in [0.25, 0.3) is 0 Å². The van der Waals surface area contributed by atoms with Gasteiger partial charge in [-0.3, -0.25) is 24.0 Å². The van der Waals surface area contributed by atoms with Crippen LogP contribution in [0.1, 0.15) is 61.5 Å². The van der Waals surface area contributed by atoms with Crippen molar-refractivity contribution in [2.75, 3.05) is 257 Å². The van der Waals surface area contributed by atoms with Gasteiger partial charge in [-0.2, -0.15) is 0 Å². The van der Waals surface area contributed by atoms with E-state index in [1.807, 2.05) is 6.07 Å². The molecule has 0 bridgehead atoms. The minimum Gasteiger partial charge on any atom is -0.445 e. The van der Waals surface area contributed by atoms with Gasteiger partial charge in [-0.25, -0.2) is 4.79 Å². The predicted molar refractivity (Wildman–Crippen MR) is 365 cm³/mol. The molecule has 7 N–H and O–H groups in total. The first-order valence-electron chi connectivity index (χ1n) is 34.3. The van der Waals surface area contributed by atoms with Crippen molar-refractivity contribution in [3.63, 3.8) is 0 Å². The van der Waals surface area contributed by atoms with Gasteiger partial charge in [0.05, 0.1) is 225 Å². The van der Waals surface area contributed by atoms with E-state index in [0.29, 0.717) is 210 Å². The molecule has 0 heterocycles. The third kappa shape index (κ3) is 51.4. The maximum atomic E-state index is 13.9. The van der Waals surface area contributed by atoms with Crippen molar-refractivity contribution >= 4 is 41.3 Å². The van der Waals surface area contributed by atoms with Gasteiger partial charge in [-0.05, 0) is 55.4 Å². The van der Waals surface area contributed by atoms with Gasteiger partial charge < -0.3 is 127 Å². The van der Waals surface area contributed by atoms with Crippen molar-refractivity contribution in [3.8, 4) is 0 Å². The minimum absolute atomic E-state index is 0.0569. The highest BCUT2D eigenvalue weighted by molar-refractivity contribution is 6.01. The Balaban J connectivity index is 1.64. The Bertz CT molecular complexity index is 2340. The van der Waals surface area contributed by atoms with Crippen LogP contribution in [0.5, 0.6) is 0 Å². The Hall–Kier alpha value is -5.70. The number of hydrogen-bond donors (Lipinski definition) is 7. The summed E-state index contributed by atoms with van der Waals surface area (Å²) in [7, 11) is 3.25. The molecule has 3 atom stereocenters. The van der Waals surface area contributed by atoms with E-state index >= 15 is 0 Å². The zero-order chi connectivity index (χ0) is 72.4. The lowest BCUT2D eigenvalue weighted by atomic mass is 10.0. The summed E-state index contributed by atoms with van der Waals surface area (Å²) in [6.07, 6.45) is 0.0627. The summed E-state index contributed by atoms with van der Waals surface area (Å²) in [5.74, 6) is -3.31. The van der Waals surface area contributed by atoms with Gasteiger partial charge in [0.2, 0.25) is 23.6 Å². The molecule has 0 saturated carbocycles. The van der Waals surface area contributed by atoms with Crippen LogP contribution < -0.4 is 31.9 Å². The van der Waals surface area contributed by atoms with Crippen molar-refractivity contribution < 1.29 is 124 Å². The van der Waals surface area contributed by atoms with Crippen LogP contribution in [0.4, 0.5) is 10.5 Å². The number of carbonyl (C=O) groups is 6. The first-order valence-corrected chi connectivity index (χ1v) is 34.3. The van der Waals surface area contributed by atoms with Crippen molar-refractivity contribution in [1.82, 2.24) is 26.6 Å². The largest absolute Gasteiger partial charge is 0.445 e. The number of rotatable bonds is 70. The summed E-state index contributed by atoms with van der Waals surface area (Å²) in [6.45, 7) is 18.6. The van der Waals surface area contributed by atoms with Crippen molar-refractivity contribution in [3.05, 3.63) is 65.2 Å². The molecule has 0 unspecified atom stereocenters. The number of nitrogens with one attached hydrogen (secondary N) is 6. The predicted octanol–water partition coefficient (Wildman–Crippen LogP) is 1.63. The molecular formula is C68H116N6O26. The fraction of sp³-hybridized carbons (Fsp3) is 0.735. The van der Waals surface area contributed by atoms with E-state index in [1.165, 1.54) is 25.1 Å². The van der Waals surface area contributed by atoms with Crippen LogP contribution in [0.3, 0.4) is 0 Å². The number of aliphatic hydroxyl groups is 1. The van der Waals surface area contributed by atoms with Gasteiger partial charge >= 0.3 is 6.09 Å². The van der Waals surface area contributed by atoms with Crippen molar-refractivity contribution in [1.29, 1.82) is 0 Å². The molecule has 0 radical (unpaired) electrons. The van der Waals surface area contributed by atoms with Crippen LogP contribution in [0, 0.1) is 5.92 Å². The lowest BCUT2D eigenvalue weighted by Crippen LogP contribution is -2.57. The van der Waals surface area contributed by atoms with E-state index < -0.39 is 60.4 Å². The topological polar surface area (TPSA) is 370 Å². The van der Waals surface area contributed by atoms with Gasteiger partial charge in [0, 0.05) is 38.6 Å². The molecule has 0 fully saturated rings. The molecule has 2 aromatic rings. The Morgan fingerprint density at radius 2 is 0.830 bits per heavy atom. The molecule has 0 aliphatic rings. The van der Waals surface area contributed by atoms with Crippen LogP contribution >= 0.6 is 0 Å². The lowest BCUT2D eigenvalue weighted by molar-refractivity contribution is -0.132. The smallest absolute Gasteiger partial charge is 0.408 e. The average molecular weight is 1430 g/mol. The first kappa shape index (κ1) is 90.4. The fourth-order valence-corrected chi connectivity index (χ4v) is 8.30. The van der Waals surface area contributed by atoms with E-state index in [4.69, 9.17) is 90.0 Å². The van der Waals surface area contributed by atoms with Gasteiger partial charge in [0.1, 0.15) is 31.3 Å². The van der Waals surface area contributed by atoms with Gasteiger partial charge in [-0.15, -0.1) is 0 Å². The van der Waals surface area contributed by atoms with E-state index in [2.05, 4.69) is 31.9 Å². The number of ether oxygens (including phenoxy) is 19. The second-order valence-corrected chi connectivity index (χ2v) is 22.1.